The van der Waals surface area contributed by atoms with E-state index < -0.39 is 11.3 Å². The standard InChI is InChI=1S/C25H31NO3S/c1-4-25(2,3)22(27)23(28)26-15-7-12-21(26)24(30)29-16-8-9-18-13-14-19-10-5-6-11-20(19)17-18/h5-6,10-11,13-14,17,21H,4,7-9,12,15-16H2,1-3H3. The van der Waals surface area contributed by atoms with Crippen molar-refractivity contribution >= 4 is 39.7 Å². The van der Waals surface area contributed by atoms with Crippen molar-refractivity contribution in [3.05, 3.63) is 48.0 Å². The Hall–Kier alpha value is -2.27. The molecule has 0 aromatic heterocycles. The molecule has 0 saturated carbocycles. The second-order valence-corrected chi connectivity index (χ2v) is 9.08. The summed E-state index contributed by atoms with van der Waals surface area (Å²) in [6.07, 6.45) is 3.99. The number of aryl methyl sites for hydroxylation is 1. The zero-order valence-electron chi connectivity index (χ0n) is 18.1. The van der Waals surface area contributed by atoms with E-state index in [1.165, 1.54) is 16.3 Å². The van der Waals surface area contributed by atoms with Crippen molar-refractivity contribution in [2.75, 3.05) is 13.2 Å². The maximum absolute atomic E-state index is 12.7. The quantitative estimate of drug-likeness (QED) is 0.335. The summed E-state index contributed by atoms with van der Waals surface area (Å²) in [5, 5.41) is 2.91. The van der Waals surface area contributed by atoms with Gasteiger partial charge in [0.15, 0.2) is 5.05 Å². The highest BCUT2D eigenvalue weighted by molar-refractivity contribution is 7.80. The number of ketones is 1. The van der Waals surface area contributed by atoms with Gasteiger partial charge in [0.25, 0.3) is 5.91 Å². The molecule has 5 heteroatoms. The molecule has 0 spiro atoms. The van der Waals surface area contributed by atoms with Crippen LogP contribution in [0.2, 0.25) is 0 Å². The molecule has 0 N–H and O–H groups in total. The Labute approximate surface area is 184 Å². The van der Waals surface area contributed by atoms with Crippen LogP contribution in [0.1, 0.15) is 52.0 Å². The number of carbonyl (C=O) groups is 2. The molecule has 0 bridgehead atoms. The molecule has 1 fully saturated rings. The molecule has 2 aromatic rings. The minimum absolute atomic E-state index is 0.273. The summed E-state index contributed by atoms with van der Waals surface area (Å²) in [7, 11) is 0. The summed E-state index contributed by atoms with van der Waals surface area (Å²) >= 11 is 5.48. The highest BCUT2D eigenvalue weighted by Crippen LogP contribution is 2.26. The van der Waals surface area contributed by atoms with E-state index in [1.54, 1.807) is 4.90 Å². The van der Waals surface area contributed by atoms with Gasteiger partial charge in [-0.1, -0.05) is 63.2 Å². The molecule has 1 amide bonds. The molecule has 4 nitrogen and oxygen atoms in total. The molecule has 1 heterocycles. The van der Waals surface area contributed by atoms with Gasteiger partial charge in [-0.3, -0.25) is 9.59 Å². The molecular formula is C25H31NO3S. The molecule has 0 aliphatic carbocycles. The zero-order chi connectivity index (χ0) is 21.7. The van der Waals surface area contributed by atoms with Crippen LogP contribution in [0.5, 0.6) is 0 Å². The van der Waals surface area contributed by atoms with Crippen LogP contribution in [0.3, 0.4) is 0 Å². The number of hydrogen-bond donors (Lipinski definition) is 0. The molecule has 1 unspecified atom stereocenters. The fourth-order valence-corrected chi connectivity index (χ4v) is 4.10. The van der Waals surface area contributed by atoms with Crippen LogP contribution in [0.4, 0.5) is 0 Å². The van der Waals surface area contributed by atoms with Gasteiger partial charge in [-0.2, -0.15) is 0 Å². The number of rotatable bonds is 8. The molecule has 30 heavy (non-hydrogen) atoms. The molecule has 160 valence electrons. The first-order valence-electron chi connectivity index (χ1n) is 10.8. The van der Waals surface area contributed by atoms with Crippen LogP contribution in [0, 0.1) is 5.41 Å². The summed E-state index contributed by atoms with van der Waals surface area (Å²) in [5.41, 5.74) is 0.625. The van der Waals surface area contributed by atoms with Crippen molar-refractivity contribution in [3.8, 4) is 0 Å². The van der Waals surface area contributed by atoms with Crippen molar-refractivity contribution in [1.29, 1.82) is 0 Å². The lowest BCUT2D eigenvalue weighted by Gasteiger charge is -2.28. The number of nitrogens with zero attached hydrogens (tertiary/aromatic N) is 1. The normalized spacial score (nSPS) is 16.6. The molecule has 0 radical (unpaired) electrons. The summed E-state index contributed by atoms with van der Waals surface area (Å²) < 4.78 is 5.83. The fourth-order valence-electron chi connectivity index (χ4n) is 3.77. The maximum atomic E-state index is 12.7. The number of benzene rings is 2. The van der Waals surface area contributed by atoms with E-state index in [0.29, 0.717) is 24.6 Å². The lowest BCUT2D eigenvalue weighted by Crippen LogP contribution is -2.47. The van der Waals surface area contributed by atoms with Gasteiger partial charge in [-0.25, -0.2) is 0 Å². The van der Waals surface area contributed by atoms with E-state index in [2.05, 4.69) is 36.4 Å². The van der Waals surface area contributed by atoms with E-state index in [9.17, 15) is 9.59 Å². The van der Waals surface area contributed by atoms with E-state index in [1.807, 2.05) is 26.8 Å². The molecule has 1 aliphatic heterocycles. The number of fused-ring (bicyclic) bond motifs is 1. The number of hydrogen-bond acceptors (Lipinski definition) is 4. The monoisotopic (exact) mass is 425 g/mol. The predicted octanol–water partition coefficient (Wildman–Crippen LogP) is 5.11. The largest absolute Gasteiger partial charge is 0.485 e. The van der Waals surface area contributed by atoms with Gasteiger partial charge in [-0.15, -0.1) is 0 Å². The summed E-state index contributed by atoms with van der Waals surface area (Å²) in [6, 6.07) is 14.6. The van der Waals surface area contributed by atoms with Gasteiger partial charge in [0.2, 0.25) is 5.78 Å². The number of ether oxygens (including phenoxy) is 1. The van der Waals surface area contributed by atoms with Crippen molar-refractivity contribution < 1.29 is 14.3 Å². The van der Waals surface area contributed by atoms with Gasteiger partial charge in [-0.05, 0) is 60.7 Å². The Morgan fingerprint density at radius 2 is 1.90 bits per heavy atom. The smallest absolute Gasteiger partial charge is 0.291 e. The number of carbonyl (C=O) groups excluding carboxylic acids is 2. The Morgan fingerprint density at radius 3 is 2.63 bits per heavy atom. The van der Waals surface area contributed by atoms with Gasteiger partial charge in [0, 0.05) is 12.0 Å². The minimum Gasteiger partial charge on any atom is -0.485 e. The van der Waals surface area contributed by atoms with Gasteiger partial charge < -0.3 is 9.64 Å². The first-order chi connectivity index (χ1) is 14.3. The SMILES string of the molecule is CCC(C)(C)C(=O)C(=O)N1CCCC1C(=S)OCCCc1ccc2ccccc2c1. The predicted molar refractivity (Wildman–Crippen MR) is 125 cm³/mol. The first kappa shape index (κ1) is 22.4. The Bertz CT molecular complexity index is 937. The second kappa shape index (κ2) is 9.69. The molecule has 2 aromatic carbocycles. The van der Waals surface area contributed by atoms with E-state index >= 15 is 0 Å². The van der Waals surface area contributed by atoms with E-state index in [-0.39, 0.29) is 11.8 Å². The lowest BCUT2D eigenvalue weighted by atomic mass is 9.84. The van der Waals surface area contributed by atoms with Gasteiger partial charge >= 0.3 is 0 Å². The van der Waals surface area contributed by atoms with Crippen LogP contribution in [0.25, 0.3) is 10.8 Å². The molecule has 1 atom stereocenters. The van der Waals surface area contributed by atoms with Crippen LogP contribution in [0.15, 0.2) is 42.5 Å². The van der Waals surface area contributed by atoms with Crippen molar-refractivity contribution in [2.45, 2.75) is 58.9 Å². The topological polar surface area (TPSA) is 46.6 Å². The van der Waals surface area contributed by atoms with Crippen LogP contribution in [-0.2, 0) is 20.7 Å². The summed E-state index contributed by atoms with van der Waals surface area (Å²) in [4.78, 5) is 27.0. The second-order valence-electron chi connectivity index (χ2n) is 8.68. The Morgan fingerprint density at radius 1 is 1.17 bits per heavy atom. The highest BCUT2D eigenvalue weighted by atomic mass is 32.1. The number of Topliss-reactive ketones (excluding diaryl/α,β-unsaturated/α-hetero) is 1. The van der Waals surface area contributed by atoms with Crippen LogP contribution in [-0.4, -0.2) is 40.8 Å². The van der Waals surface area contributed by atoms with Crippen LogP contribution < -0.4 is 0 Å². The molecular weight excluding hydrogens is 394 g/mol. The molecule has 3 rings (SSSR count). The van der Waals surface area contributed by atoms with Gasteiger partial charge in [0.05, 0.1) is 6.61 Å². The summed E-state index contributed by atoms with van der Waals surface area (Å²) in [6.45, 7) is 6.64. The number of thiocarbonyl (C=S) groups is 1. The fraction of sp³-hybridized carbons (Fsp3) is 0.480. The van der Waals surface area contributed by atoms with Crippen molar-refractivity contribution in [2.24, 2.45) is 5.41 Å². The van der Waals surface area contributed by atoms with Gasteiger partial charge in [0.1, 0.15) is 6.04 Å². The van der Waals surface area contributed by atoms with Crippen molar-refractivity contribution in [1.82, 2.24) is 4.90 Å². The number of likely N-dealkylation sites (tertiary alicyclic amines) is 1. The van der Waals surface area contributed by atoms with Crippen molar-refractivity contribution in [3.63, 3.8) is 0 Å². The summed E-state index contributed by atoms with van der Waals surface area (Å²) in [5.74, 6) is -0.762. The minimum atomic E-state index is -0.646. The Balaban J connectivity index is 1.51. The molecule has 1 saturated heterocycles. The first-order valence-corrected chi connectivity index (χ1v) is 11.2. The average Bonchev–Trinajstić information content (AvgIpc) is 3.25. The van der Waals surface area contributed by atoms with E-state index in [4.69, 9.17) is 17.0 Å². The average molecular weight is 426 g/mol. The number of amides is 1. The molecule has 1 aliphatic rings. The lowest BCUT2D eigenvalue weighted by molar-refractivity contribution is -0.149. The van der Waals surface area contributed by atoms with E-state index in [0.717, 1.165) is 25.7 Å². The maximum Gasteiger partial charge on any atom is 0.291 e. The third-order valence-electron chi connectivity index (χ3n) is 6.15. The highest BCUT2D eigenvalue weighted by Gasteiger charge is 2.40. The zero-order valence-corrected chi connectivity index (χ0v) is 19.0. The third-order valence-corrected chi connectivity index (χ3v) is 6.54. The Kier molecular flexibility index (Phi) is 7.24. The third kappa shape index (κ3) is 5.07. The van der Waals surface area contributed by atoms with Crippen LogP contribution >= 0.6 is 12.2 Å².